The first-order valence-electron chi connectivity index (χ1n) is 2.34. The van der Waals surface area contributed by atoms with Crippen molar-refractivity contribution in [2.75, 3.05) is 13.2 Å². The smallest absolute Gasteiger partial charge is 0.0680 e. The van der Waals surface area contributed by atoms with E-state index in [9.17, 15) is 0 Å². The number of rotatable bonds is 4. The van der Waals surface area contributed by atoms with Gasteiger partial charge in [-0.1, -0.05) is 0 Å². The topological polar surface area (TPSA) is 55.5 Å². The molecule has 0 aromatic rings. The van der Waals surface area contributed by atoms with E-state index in [0.717, 1.165) is 12.8 Å². The largest absolute Gasteiger partial charge is 0.396 e. The van der Waals surface area contributed by atoms with Crippen molar-refractivity contribution in [1.82, 2.24) is 0 Å². The summed E-state index contributed by atoms with van der Waals surface area (Å²) in [6.45, 7) is 0.768. The summed E-state index contributed by atoms with van der Waals surface area (Å²) in [4.78, 5) is 4.23. The van der Waals surface area contributed by atoms with Crippen molar-refractivity contribution in [2.24, 2.45) is 5.90 Å². The molecule has 0 bridgehead atoms. The second-order valence-electron chi connectivity index (χ2n) is 1.30. The average Bonchev–Trinajstić information content (AvgIpc) is 1.69. The molecular weight excluding hydrogens is 374 g/mol. The predicted molar refractivity (Wildman–Crippen MR) is 32.9 cm³/mol. The Bertz CT molecular complexity index is 34.1. The van der Waals surface area contributed by atoms with Crippen molar-refractivity contribution < 1.29 is 9.94 Å². The van der Waals surface area contributed by atoms with Gasteiger partial charge in [-0.25, -0.2) is 5.90 Å². The van der Waals surface area contributed by atoms with Crippen molar-refractivity contribution >= 4 is 0 Å². The van der Waals surface area contributed by atoms with E-state index in [2.05, 4.69) is 10.7 Å². The third-order valence-electron chi connectivity index (χ3n) is 0.670. The molecule has 0 aliphatic carbocycles. The van der Waals surface area contributed by atoms with E-state index in [1.54, 1.807) is 0 Å². The molecule has 0 aromatic heterocycles. The van der Waals surface area contributed by atoms with Crippen LogP contribution in [0.1, 0.15) is 12.8 Å². The van der Waals surface area contributed by atoms with Crippen molar-refractivity contribution in [3.8, 4) is 0 Å². The van der Waals surface area contributed by atoms with Crippen LogP contribution in [-0.4, -0.2) is 18.3 Å². The van der Waals surface area contributed by atoms with Gasteiger partial charge >= 0.3 is 0 Å². The average molecular weight is 388 g/mol. The summed E-state index contributed by atoms with van der Waals surface area (Å²) in [6.07, 6.45) is 1.62. The Morgan fingerprint density at radius 3 is 2.22 bits per heavy atom. The molecular formula is C5H14DbNO2-. The van der Waals surface area contributed by atoms with Gasteiger partial charge in [0, 0.05) is 6.61 Å². The molecule has 0 amide bonds. The van der Waals surface area contributed by atoms with Crippen LogP contribution in [-0.2, 0) is 4.84 Å². The minimum absolute atomic E-state index is 0. The third-order valence-corrected chi connectivity index (χ3v) is 0.670. The summed E-state index contributed by atoms with van der Waals surface area (Å²) >= 11 is 0. The van der Waals surface area contributed by atoms with Crippen LogP contribution < -0.4 is 5.90 Å². The van der Waals surface area contributed by atoms with E-state index in [0.29, 0.717) is 6.61 Å². The van der Waals surface area contributed by atoms with Crippen LogP contribution in [0, 0.1) is 7.43 Å². The zero-order valence-corrected chi connectivity index (χ0v) is 12.4. The fourth-order valence-corrected chi connectivity index (χ4v) is 0.297. The molecule has 0 fully saturated rings. The first kappa shape index (κ1) is 15.7. The Labute approximate surface area is 50.4 Å². The Hall–Kier alpha value is -1.12. The van der Waals surface area contributed by atoms with E-state index in [-0.39, 0.29) is 14.0 Å². The monoisotopic (exact) mass is 388 g/mol. The van der Waals surface area contributed by atoms with Gasteiger partial charge in [-0.2, -0.15) is 0 Å². The molecule has 0 radical (unpaired) electrons. The molecule has 0 aromatic carbocycles. The van der Waals surface area contributed by atoms with Crippen LogP contribution in [0.25, 0.3) is 0 Å². The maximum absolute atomic E-state index is 8.20. The SMILES string of the molecule is NOCCCCO.[CH3-].[Db]. The van der Waals surface area contributed by atoms with Crippen LogP contribution in [0.3, 0.4) is 0 Å². The van der Waals surface area contributed by atoms with Crippen LogP contribution in [0.4, 0.5) is 0 Å². The minimum Gasteiger partial charge on any atom is -0.396 e. The molecule has 54 valence electrons. The number of aliphatic hydroxyl groups excluding tert-OH is 1. The van der Waals surface area contributed by atoms with Crippen LogP contribution in [0.5, 0.6) is 0 Å². The molecule has 0 heterocycles. The Morgan fingerprint density at radius 1 is 1.33 bits per heavy atom. The zero-order valence-electron chi connectivity index (χ0n) is 5.97. The summed E-state index contributed by atoms with van der Waals surface area (Å²) in [5, 5.41) is 8.20. The fourth-order valence-electron chi connectivity index (χ4n) is 0.297. The molecule has 0 spiro atoms. The number of nitrogens with two attached hydrogens (primary N) is 1. The molecule has 0 unspecified atom stereocenters. The van der Waals surface area contributed by atoms with Crippen LogP contribution >= 0.6 is 0 Å². The Kier molecular flexibility index (Phi) is 27.5. The first-order chi connectivity index (χ1) is 3.41. The second kappa shape index (κ2) is 15.8. The zero-order chi connectivity index (χ0) is 5.54. The summed E-state index contributed by atoms with van der Waals surface area (Å²) in [5.41, 5.74) is 0. The molecule has 3 N–H and O–H groups in total. The van der Waals surface area contributed by atoms with Gasteiger partial charge in [0.05, 0.1) is 6.61 Å². The van der Waals surface area contributed by atoms with Crippen molar-refractivity contribution in [1.29, 1.82) is 0 Å². The van der Waals surface area contributed by atoms with Crippen molar-refractivity contribution in [3.63, 3.8) is 0 Å². The standard InChI is InChI=1S/C4H11NO2.CH3.Db/c5-7-4-2-1-3-6;;/h6H,1-5H2;1H3;/q;-1;. The van der Waals surface area contributed by atoms with E-state index in [4.69, 9.17) is 5.11 Å². The maximum atomic E-state index is 8.20. The fraction of sp³-hybridized carbons (Fsp3) is 0.800. The molecule has 0 saturated heterocycles. The Balaban J connectivity index is -0.000000180. The normalized spacial score (nSPS) is 7.33. The van der Waals surface area contributed by atoms with Gasteiger partial charge in [0.15, 0.2) is 0 Å². The molecule has 0 aliphatic rings. The molecule has 9 heavy (non-hydrogen) atoms. The molecule has 0 aliphatic heterocycles. The third kappa shape index (κ3) is 19.8. The minimum atomic E-state index is 0. The number of aliphatic hydroxyl groups is 1. The molecule has 0 rings (SSSR count). The summed E-state index contributed by atoms with van der Waals surface area (Å²) in [5.74, 6) is 4.69. The van der Waals surface area contributed by atoms with Gasteiger partial charge in [0.25, 0.3) is 0 Å². The molecule has 0 saturated carbocycles. The summed E-state index contributed by atoms with van der Waals surface area (Å²) in [7, 11) is 0. The predicted octanol–water partition coefficient (Wildman–Crippen LogP) is 0.0995. The van der Waals surface area contributed by atoms with Gasteiger partial charge in [-0.3, -0.25) is 0 Å². The number of unbranched alkanes of at least 4 members (excludes halogenated alkanes) is 1. The van der Waals surface area contributed by atoms with E-state index < -0.39 is 0 Å². The molecule has 4 heteroatoms. The van der Waals surface area contributed by atoms with E-state index >= 15 is 0 Å². The maximum Gasteiger partial charge on any atom is 0.0680 e. The van der Waals surface area contributed by atoms with Gasteiger partial charge in [-0.05, 0) is 12.8 Å². The van der Waals surface area contributed by atoms with Gasteiger partial charge in [0.1, 0.15) is 0 Å². The first-order valence-corrected chi connectivity index (χ1v) is 2.34. The van der Waals surface area contributed by atoms with Gasteiger partial charge < -0.3 is 17.4 Å². The van der Waals surface area contributed by atoms with Gasteiger partial charge in [0.2, 0.25) is 0 Å². The van der Waals surface area contributed by atoms with Crippen LogP contribution in [0.15, 0.2) is 0 Å². The number of hydrogen-bond donors (Lipinski definition) is 2. The van der Waals surface area contributed by atoms with E-state index in [1.165, 1.54) is 0 Å². The second-order valence-corrected chi connectivity index (χ2v) is 1.30. The van der Waals surface area contributed by atoms with Crippen LogP contribution in [0.2, 0.25) is 0 Å². The molecule has 0 atom stereocenters. The van der Waals surface area contributed by atoms with E-state index in [1.807, 2.05) is 0 Å². The van der Waals surface area contributed by atoms with Crippen molar-refractivity contribution in [2.45, 2.75) is 12.8 Å². The van der Waals surface area contributed by atoms with Crippen molar-refractivity contribution in [3.05, 3.63) is 7.43 Å². The van der Waals surface area contributed by atoms with Gasteiger partial charge in [-0.15, -0.1) is 0 Å². The summed E-state index contributed by atoms with van der Waals surface area (Å²) in [6, 6.07) is 0. The summed E-state index contributed by atoms with van der Waals surface area (Å²) < 4.78 is 0. The molecule has 3 nitrogen and oxygen atoms in total. The number of hydrogen-bond acceptors (Lipinski definition) is 3. The Morgan fingerprint density at radius 2 is 1.89 bits per heavy atom. The quantitative estimate of drug-likeness (QED) is 0.408.